The van der Waals surface area contributed by atoms with E-state index in [1.165, 1.54) is 7.11 Å². The molecule has 168 valence electrons. The average Bonchev–Trinajstić information content (AvgIpc) is 2.82. The van der Waals surface area contributed by atoms with Crippen LogP contribution in [0, 0.1) is 5.92 Å². The quantitative estimate of drug-likeness (QED) is 0.493. The van der Waals surface area contributed by atoms with Gasteiger partial charge in [0.05, 0.1) is 24.2 Å². The highest BCUT2D eigenvalue weighted by atomic mass is 35.5. The lowest BCUT2D eigenvalue weighted by Gasteiger charge is -2.18. The molecule has 33 heavy (non-hydrogen) atoms. The molecule has 1 aliphatic heterocycles. The van der Waals surface area contributed by atoms with Gasteiger partial charge in [0.1, 0.15) is 0 Å². The highest BCUT2D eigenvalue weighted by molar-refractivity contribution is 6.30. The summed E-state index contributed by atoms with van der Waals surface area (Å²) < 4.78 is 4.80. The van der Waals surface area contributed by atoms with Gasteiger partial charge in [-0.15, -0.1) is 0 Å². The first-order valence-corrected chi connectivity index (χ1v) is 11.3. The van der Waals surface area contributed by atoms with E-state index in [9.17, 15) is 9.59 Å². The number of carbonyl (C=O) groups excluding carboxylic acids is 2. The van der Waals surface area contributed by atoms with Crippen molar-refractivity contribution in [2.24, 2.45) is 5.92 Å². The Morgan fingerprint density at radius 3 is 2.73 bits per heavy atom. The molecule has 1 unspecified atom stereocenters. The minimum absolute atomic E-state index is 0.0530. The number of carbonyl (C=O) groups is 2. The highest BCUT2D eigenvalue weighted by Crippen LogP contribution is 2.34. The second-order valence-corrected chi connectivity index (χ2v) is 8.60. The van der Waals surface area contributed by atoms with Crippen LogP contribution in [0.3, 0.4) is 0 Å². The first-order chi connectivity index (χ1) is 15.9. The Kier molecular flexibility index (Phi) is 6.90. The molecular formula is C27H25ClN2O3. The van der Waals surface area contributed by atoms with Crippen molar-refractivity contribution in [2.45, 2.75) is 26.2 Å². The van der Waals surface area contributed by atoms with Crippen LogP contribution in [0.2, 0.25) is 5.02 Å². The molecule has 2 bridgehead atoms. The van der Waals surface area contributed by atoms with E-state index >= 15 is 0 Å². The van der Waals surface area contributed by atoms with Gasteiger partial charge in [-0.2, -0.15) is 0 Å². The second-order valence-electron chi connectivity index (χ2n) is 8.16. The maximum atomic E-state index is 12.9. The second kappa shape index (κ2) is 10.0. The number of hydrogen-bond donors (Lipinski definition) is 1. The number of rotatable bonds is 3. The minimum Gasteiger partial charge on any atom is -0.469 e. The number of hydrogen-bond acceptors (Lipinski definition) is 4. The maximum absolute atomic E-state index is 12.9. The van der Waals surface area contributed by atoms with Crippen LogP contribution in [0.4, 0.5) is 5.69 Å². The van der Waals surface area contributed by atoms with Crippen molar-refractivity contribution in [3.05, 3.63) is 88.7 Å². The van der Waals surface area contributed by atoms with Crippen molar-refractivity contribution < 1.29 is 14.3 Å². The first kappa shape index (κ1) is 22.7. The van der Waals surface area contributed by atoms with Gasteiger partial charge in [0, 0.05) is 28.9 Å². The molecule has 0 aliphatic carbocycles. The number of nitrogens with one attached hydrogen (secondary N) is 1. The van der Waals surface area contributed by atoms with E-state index in [-0.39, 0.29) is 24.2 Å². The van der Waals surface area contributed by atoms with Crippen molar-refractivity contribution in [1.29, 1.82) is 0 Å². The first-order valence-electron chi connectivity index (χ1n) is 10.9. The minimum atomic E-state index is -0.324. The Bertz CT molecular complexity index is 1220. The smallest absolute Gasteiger partial charge is 0.309 e. The zero-order valence-electron chi connectivity index (χ0n) is 18.6. The van der Waals surface area contributed by atoms with Gasteiger partial charge in [0.25, 0.3) is 0 Å². The Morgan fingerprint density at radius 2 is 1.97 bits per heavy atom. The molecule has 6 heteroatoms. The number of pyridine rings is 1. The van der Waals surface area contributed by atoms with Crippen LogP contribution in [0.5, 0.6) is 0 Å². The summed E-state index contributed by atoms with van der Waals surface area (Å²) >= 11 is 6.05. The van der Waals surface area contributed by atoms with E-state index < -0.39 is 0 Å². The van der Waals surface area contributed by atoms with Crippen LogP contribution < -0.4 is 5.32 Å². The molecule has 3 aromatic rings. The number of esters is 1. The summed E-state index contributed by atoms with van der Waals surface area (Å²) in [6, 6.07) is 17.6. The molecule has 1 aromatic heterocycles. The molecule has 0 saturated carbocycles. The lowest BCUT2D eigenvalue weighted by molar-refractivity contribution is -0.139. The summed E-state index contributed by atoms with van der Waals surface area (Å²) in [5.41, 5.74) is 6.18. The van der Waals surface area contributed by atoms with Crippen molar-refractivity contribution in [2.75, 3.05) is 12.4 Å². The molecule has 0 spiro atoms. The fourth-order valence-electron chi connectivity index (χ4n) is 3.92. The van der Waals surface area contributed by atoms with Crippen molar-refractivity contribution >= 4 is 34.7 Å². The number of allylic oxidation sites excluding steroid dienone is 1. The van der Waals surface area contributed by atoms with E-state index in [2.05, 4.69) is 28.5 Å². The van der Waals surface area contributed by atoms with Gasteiger partial charge < -0.3 is 10.1 Å². The Balaban J connectivity index is 1.84. The largest absolute Gasteiger partial charge is 0.469 e. The summed E-state index contributed by atoms with van der Waals surface area (Å²) in [5, 5.41) is 3.67. The zero-order chi connectivity index (χ0) is 23.4. The monoisotopic (exact) mass is 460 g/mol. The average molecular weight is 461 g/mol. The molecule has 5 nitrogen and oxygen atoms in total. The Morgan fingerprint density at radius 1 is 1.15 bits per heavy atom. The number of methoxy groups -OCH3 is 1. The third kappa shape index (κ3) is 5.32. The number of halogens is 1. The lowest BCUT2D eigenvalue weighted by atomic mass is 9.92. The van der Waals surface area contributed by atoms with Gasteiger partial charge in [0.15, 0.2) is 0 Å². The SMILES string of the molecule is COC(=O)Cc1ccc2c(c1)NC(=O)C(C)CC/C=C(/c1ccc(Cl)cn1)c1cccc-2c1. The molecule has 1 aliphatic rings. The fraction of sp³-hybridized carbons (Fsp3) is 0.222. The Hall–Kier alpha value is -3.44. The summed E-state index contributed by atoms with van der Waals surface area (Å²) in [6.07, 6.45) is 5.35. The fourth-order valence-corrected chi connectivity index (χ4v) is 4.03. The van der Waals surface area contributed by atoms with Gasteiger partial charge in [-0.1, -0.05) is 54.9 Å². The van der Waals surface area contributed by atoms with Crippen molar-refractivity contribution in [1.82, 2.24) is 4.98 Å². The highest BCUT2D eigenvalue weighted by Gasteiger charge is 2.18. The van der Waals surface area contributed by atoms with Crippen molar-refractivity contribution in [3.63, 3.8) is 0 Å². The summed E-state index contributed by atoms with van der Waals surface area (Å²) in [5.74, 6) is -0.562. The van der Waals surface area contributed by atoms with Crippen LogP contribution in [0.25, 0.3) is 16.7 Å². The van der Waals surface area contributed by atoms with Crippen LogP contribution in [0.15, 0.2) is 66.9 Å². The summed E-state index contributed by atoms with van der Waals surface area (Å²) in [7, 11) is 1.37. The topological polar surface area (TPSA) is 68.3 Å². The van der Waals surface area contributed by atoms with E-state index in [1.807, 2.05) is 49.4 Å². The summed E-state index contributed by atoms with van der Waals surface area (Å²) in [6.45, 7) is 1.92. The van der Waals surface area contributed by atoms with E-state index in [0.717, 1.165) is 39.9 Å². The molecule has 0 radical (unpaired) electrons. The number of anilines is 1. The molecule has 2 heterocycles. The van der Waals surface area contributed by atoms with Gasteiger partial charge in [-0.05, 0) is 53.8 Å². The van der Waals surface area contributed by atoms with Crippen LogP contribution in [-0.2, 0) is 20.7 Å². The standard InChI is InChI=1S/C27H25ClN2O3/c1-17-5-3-8-22(24-12-10-21(28)16-29-24)19-6-4-7-20(15-19)23-11-9-18(14-26(31)33-2)13-25(23)30-27(17)32/h4,6-13,15-17H,3,5,14H2,1-2H3,(H,30,32)/b22-8+. The number of aromatic nitrogens is 1. The molecule has 2 aromatic carbocycles. The third-order valence-corrected chi connectivity index (χ3v) is 6.03. The van der Waals surface area contributed by atoms with E-state index in [4.69, 9.17) is 16.3 Å². The predicted molar refractivity (Wildman–Crippen MR) is 131 cm³/mol. The van der Waals surface area contributed by atoms with E-state index in [1.54, 1.807) is 6.20 Å². The molecule has 1 N–H and O–H groups in total. The van der Waals surface area contributed by atoms with Crippen molar-refractivity contribution in [3.8, 4) is 11.1 Å². The van der Waals surface area contributed by atoms with Crippen LogP contribution >= 0.6 is 11.6 Å². The van der Waals surface area contributed by atoms with Crippen LogP contribution in [-0.4, -0.2) is 24.0 Å². The molecule has 4 rings (SSSR count). The third-order valence-electron chi connectivity index (χ3n) is 5.80. The normalized spacial score (nSPS) is 17.5. The van der Waals surface area contributed by atoms with E-state index in [0.29, 0.717) is 17.1 Å². The molecule has 1 amide bonds. The Labute approximate surface area is 198 Å². The van der Waals surface area contributed by atoms with Gasteiger partial charge in [-0.3, -0.25) is 14.6 Å². The predicted octanol–water partition coefficient (Wildman–Crippen LogP) is 5.92. The number of benzene rings is 2. The van der Waals surface area contributed by atoms with Crippen LogP contribution in [0.1, 0.15) is 36.6 Å². The number of amides is 1. The number of fused-ring (bicyclic) bond motifs is 4. The molecule has 0 fully saturated rings. The lowest BCUT2D eigenvalue weighted by Crippen LogP contribution is -2.21. The number of nitrogens with zero attached hydrogens (tertiary/aromatic N) is 1. The molecule has 0 saturated heterocycles. The number of ether oxygens (including phenoxy) is 1. The molecular weight excluding hydrogens is 436 g/mol. The van der Waals surface area contributed by atoms with Gasteiger partial charge in [-0.25, -0.2) is 0 Å². The summed E-state index contributed by atoms with van der Waals surface area (Å²) in [4.78, 5) is 29.2. The molecule has 1 atom stereocenters. The maximum Gasteiger partial charge on any atom is 0.309 e. The van der Waals surface area contributed by atoms with Gasteiger partial charge in [0.2, 0.25) is 5.91 Å². The van der Waals surface area contributed by atoms with Gasteiger partial charge >= 0.3 is 5.97 Å². The zero-order valence-corrected chi connectivity index (χ0v) is 19.4.